The van der Waals surface area contributed by atoms with Crippen molar-refractivity contribution in [2.45, 2.75) is 0 Å². The van der Waals surface area contributed by atoms with Crippen LogP contribution in [-0.2, 0) is 0 Å². The number of aromatic nitrogens is 2. The molecular weight excluding hydrogens is 312 g/mol. The normalized spacial score (nSPS) is 10.6. The molecule has 1 N–H and O–H groups in total. The zero-order valence-corrected chi connectivity index (χ0v) is 12.8. The average molecular weight is 327 g/mol. The van der Waals surface area contributed by atoms with E-state index in [2.05, 4.69) is 42.7 Å². The zero-order chi connectivity index (χ0) is 13.0. The van der Waals surface area contributed by atoms with Gasteiger partial charge in [-0.3, -0.25) is 0 Å². The van der Waals surface area contributed by atoms with Crippen LogP contribution in [0, 0.1) is 0 Å². The number of nitrogens with zero attached hydrogens (tertiary/aromatic N) is 3. The Morgan fingerprint density at radius 3 is 2.67 bits per heavy atom. The van der Waals surface area contributed by atoms with E-state index in [1.807, 2.05) is 31.4 Å². The van der Waals surface area contributed by atoms with Crippen LogP contribution in [0.25, 0.3) is 10.4 Å². The average Bonchev–Trinajstić information content (AvgIpc) is 2.83. The largest absolute Gasteiger partial charge is 0.343 e. The van der Waals surface area contributed by atoms with Crippen LogP contribution < -0.4 is 10.2 Å². The molecule has 18 heavy (non-hydrogen) atoms. The summed E-state index contributed by atoms with van der Waals surface area (Å²) in [6.07, 6.45) is 3.74. The summed E-state index contributed by atoms with van der Waals surface area (Å²) in [7, 11) is 3.93. The third-order valence-corrected chi connectivity index (χ3v) is 4.27. The highest BCUT2D eigenvalue weighted by atomic mass is 79.9. The number of anilines is 1. The summed E-state index contributed by atoms with van der Waals surface area (Å²) in [6.45, 7) is 1.81. The van der Waals surface area contributed by atoms with Gasteiger partial charge < -0.3 is 10.2 Å². The minimum Gasteiger partial charge on any atom is -0.343 e. The van der Waals surface area contributed by atoms with Crippen molar-refractivity contribution in [2.75, 3.05) is 32.1 Å². The molecule has 0 fully saturated rings. The van der Waals surface area contributed by atoms with E-state index in [0.717, 1.165) is 29.1 Å². The quantitative estimate of drug-likeness (QED) is 0.917. The molecular formula is C12H15BrN4S. The Balaban J connectivity index is 2.10. The summed E-state index contributed by atoms with van der Waals surface area (Å²) in [4.78, 5) is 12.0. The topological polar surface area (TPSA) is 41.0 Å². The first kappa shape index (κ1) is 13.5. The minimum absolute atomic E-state index is 0.754. The highest BCUT2D eigenvalue weighted by Crippen LogP contribution is 2.29. The molecule has 0 aliphatic heterocycles. The summed E-state index contributed by atoms with van der Waals surface area (Å²) in [5.74, 6) is 0.754. The first-order chi connectivity index (χ1) is 8.70. The van der Waals surface area contributed by atoms with E-state index in [1.54, 1.807) is 11.3 Å². The van der Waals surface area contributed by atoms with Crippen molar-refractivity contribution in [2.24, 2.45) is 0 Å². The summed E-state index contributed by atoms with van der Waals surface area (Å²) in [5.41, 5.74) is 1.05. The molecule has 0 saturated carbocycles. The predicted octanol–water partition coefficient (Wildman–Crippen LogP) is 2.62. The Morgan fingerprint density at radius 2 is 2.11 bits per heavy atom. The van der Waals surface area contributed by atoms with Gasteiger partial charge in [0.05, 0.1) is 0 Å². The lowest BCUT2D eigenvalue weighted by atomic mass is 10.3. The monoisotopic (exact) mass is 326 g/mol. The molecule has 0 bridgehead atoms. The van der Waals surface area contributed by atoms with Crippen LogP contribution in [0.1, 0.15) is 0 Å². The van der Waals surface area contributed by atoms with E-state index in [0.29, 0.717) is 0 Å². The summed E-state index contributed by atoms with van der Waals surface area (Å²) in [6, 6.07) is 2.08. The van der Waals surface area contributed by atoms with E-state index in [-0.39, 0.29) is 0 Å². The summed E-state index contributed by atoms with van der Waals surface area (Å²) in [5, 5.41) is 5.17. The first-order valence-corrected chi connectivity index (χ1v) is 7.30. The molecule has 0 aromatic carbocycles. The second-order valence-electron chi connectivity index (χ2n) is 3.93. The molecule has 2 aromatic rings. The lowest BCUT2D eigenvalue weighted by molar-refractivity contribution is 0.753. The van der Waals surface area contributed by atoms with Gasteiger partial charge in [-0.05, 0) is 29.0 Å². The second-order valence-corrected chi connectivity index (χ2v) is 5.75. The Bertz CT molecular complexity index is 497. The third kappa shape index (κ3) is 3.28. The molecule has 4 nitrogen and oxygen atoms in total. The van der Waals surface area contributed by atoms with Crippen LogP contribution in [0.4, 0.5) is 5.95 Å². The van der Waals surface area contributed by atoms with Crippen LogP contribution in [0.15, 0.2) is 28.3 Å². The van der Waals surface area contributed by atoms with E-state index in [4.69, 9.17) is 0 Å². The number of nitrogens with one attached hydrogen (secondary N) is 1. The van der Waals surface area contributed by atoms with Crippen LogP contribution in [0.3, 0.4) is 0 Å². The number of rotatable bonds is 5. The number of thiophene rings is 1. The Morgan fingerprint density at radius 1 is 1.39 bits per heavy atom. The Kier molecular flexibility index (Phi) is 4.68. The summed E-state index contributed by atoms with van der Waals surface area (Å²) < 4.78 is 1.10. The van der Waals surface area contributed by atoms with Crippen molar-refractivity contribution in [1.29, 1.82) is 0 Å². The number of halogens is 1. The van der Waals surface area contributed by atoms with Crippen LogP contribution in [0.5, 0.6) is 0 Å². The highest BCUT2D eigenvalue weighted by molar-refractivity contribution is 9.10. The maximum absolute atomic E-state index is 4.40. The third-order valence-electron chi connectivity index (χ3n) is 2.53. The van der Waals surface area contributed by atoms with E-state index < -0.39 is 0 Å². The lowest BCUT2D eigenvalue weighted by Gasteiger charge is -2.16. The molecule has 2 heterocycles. The van der Waals surface area contributed by atoms with Gasteiger partial charge in [-0.1, -0.05) is 0 Å². The molecule has 0 radical (unpaired) electrons. The minimum atomic E-state index is 0.754. The SMILES string of the molecule is CNCCN(C)c1ncc(-c2cc(Br)cs2)cn1. The maximum Gasteiger partial charge on any atom is 0.225 e. The van der Waals surface area contributed by atoms with Crippen LogP contribution in [0.2, 0.25) is 0 Å². The van der Waals surface area contributed by atoms with Crippen LogP contribution >= 0.6 is 27.3 Å². The fourth-order valence-corrected chi connectivity index (χ4v) is 2.89. The van der Waals surface area contributed by atoms with Crippen LogP contribution in [-0.4, -0.2) is 37.2 Å². The van der Waals surface area contributed by atoms with E-state index in [1.165, 1.54) is 4.88 Å². The fourth-order valence-electron chi connectivity index (χ4n) is 1.49. The highest BCUT2D eigenvalue weighted by Gasteiger charge is 2.06. The number of hydrogen-bond donors (Lipinski definition) is 1. The van der Waals surface area contributed by atoms with Gasteiger partial charge in [0, 0.05) is 52.8 Å². The van der Waals surface area contributed by atoms with E-state index in [9.17, 15) is 0 Å². The van der Waals surface area contributed by atoms with Crippen molar-refractivity contribution in [3.8, 4) is 10.4 Å². The van der Waals surface area contributed by atoms with Crippen molar-refractivity contribution in [1.82, 2.24) is 15.3 Å². The molecule has 2 aromatic heterocycles. The van der Waals surface area contributed by atoms with E-state index >= 15 is 0 Å². The van der Waals surface area contributed by atoms with Gasteiger partial charge in [0.2, 0.25) is 5.95 Å². The smallest absolute Gasteiger partial charge is 0.225 e. The molecule has 0 spiro atoms. The number of likely N-dealkylation sites (N-methyl/N-ethyl adjacent to an activating group) is 2. The van der Waals surface area contributed by atoms with Gasteiger partial charge in [0.15, 0.2) is 0 Å². The van der Waals surface area contributed by atoms with Gasteiger partial charge in [-0.25, -0.2) is 9.97 Å². The fraction of sp³-hybridized carbons (Fsp3) is 0.333. The van der Waals surface area contributed by atoms with Gasteiger partial charge in [0.25, 0.3) is 0 Å². The van der Waals surface area contributed by atoms with Crippen molar-refractivity contribution >= 4 is 33.2 Å². The predicted molar refractivity (Wildman–Crippen MR) is 80.2 cm³/mol. The van der Waals surface area contributed by atoms with Gasteiger partial charge in [0.1, 0.15) is 0 Å². The maximum atomic E-state index is 4.40. The Labute approximate surface area is 119 Å². The molecule has 6 heteroatoms. The lowest BCUT2D eigenvalue weighted by Crippen LogP contribution is -2.28. The van der Waals surface area contributed by atoms with Crippen molar-refractivity contribution < 1.29 is 0 Å². The molecule has 96 valence electrons. The molecule has 0 amide bonds. The second kappa shape index (κ2) is 6.26. The molecule has 0 aliphatic rings. The van der Waals surface area contributed by atoms with Crippen molar-refractivity contribution in [3.63, 3.8) is 0 Å². The van der Waals surface area contributed by atoms with Gasteiger partial charge >= 0.3 is 0 Å². The van der Waals surface area contributed by atoms with Gasteiger partial charge in [-0.2, -0.15) is 0 Å². The first-order valence-electron chi connectivity index (χ1n) is 5.63. The Hall–Kier alpha value is -0.980. The van der Waals surface area contributed by atoms with Gasteiger partial charge in [-0.15, -0.1) is 11.3 Å². The molecule has 0 aliphatic carbocycles. The molecule has 0 saturated heterocycles. The molecule has 2 rings (SSSR count). The molecule has 0 unspecified atom stereocenters. The standard InChI is InChI=1S/C12H15BrN4S/c1-14-3-4-17(2)12-15-6-9(7-16-12)11-5-10(13)8-18-11/h5-8,14H,3-4H2,1-2H3. The summed E-state index contributed by atoms with van der Waals surface area (Å²) >= 11 is 5.13. The number of hydrogen-bond acceptors (Lipinski definition) is 5. The van der Waals surface area contributed by atoms with Crippen molar-refractivity contribution in [3.05, 3.63) is 28.3 Å². The zero-order valence-electron chi connectivity index (χ0n) is 10.4. The molecule has 0 atom stereocenters.